The van der Waals surface area contributed by atoms with Gasteiger partial charge in [-0.3, -0.25) is 4.68 Å². The van der Waals surface area contributed by atoms with Crippen molar-refractivity contribution in [1.29, 1.82) is 0 Å². The fraction of sp³-hybridized carbons (Fsp3) is 0.200. The van der Waals surface area contributed by atoms with Crippen molar-refractivity contribution >= 4 is 34.8 Å². The first-order chi connectivity index (χ1) is 8.70. The number of nitrogen functional groups attached to an aromatic ring is 1. The van der Waals surface area contributed by atoms with Gasteiger partial charge < -0.3 is 10.7 Å². The predicted octanol–water partition coefficient (Wildman–Crippen LogP) is 1.98. The number of pyridine rings is 1. The number of halogens is 2. The lowest BCUT2D eigenvalue weighted by Gasteiger charge is -2.10. The number of nitrogens with one attached hydrogen (secondary N) is 2. The third-order valence-electron chi connectivity index (χ3n) is 2.26. The van der Waals surface area contributed by atoms with E-state index in [0.29, 0.717) is 34.8 Å². The van der Waals surface area contributed by atoms with Gasteiger partial charge in [0.05, 0.1) is 16.6 Å². The number of aromatic nitrogens is 3. The molecule has 2 aromatic heterocycles. The lowest BCUT2D eigenvalue weighted by atomic mass is 10.4. The molecule has 0 unspecified atom stereocenters. The summed E-state index contributed by atoms with van der Waals surface area (Å²) in [5.74, 6) is 6.20. The largest absolute Gasteiger partial charge is 0.367 e. The zero-order valence-electron chi connectivity index (χ0n) is 9.40. The van der Waals surface area contributed by atoms with Gasteiger partial charge in [0, 0.05) is 18.9 Å². The summed E-state index contributed by atoms with van der Waals surface area (Å²) in [7, 11) is 0. The summed E-state index contributed by atoms with van der Waals surface area (Å²) < 4.78 is 1.80. The van der Waals surface area contributed by atoms with E-state index in [0.717, 1.165) is 0 Å². The van der Waals surface area contributed by atoms with Crippen LogP contribution < -0.4 is 16.6 Å². The molecule has 2 heterocycles. The molecule has 0 aliphatic carbocycles. The minimum absolute atomic E-state index is 0.375. The van der Waals surface area contributed by atoms with Crippen LogP contribution in [0.15, 0.2) is 24.5 Å². The van der Waals surface area contributed by atoms with Crippen LogP contribution in [0.2, 0.25) is 10.0 Å². The molecule has 0 saturated heterocycles. The summed E-state index contributed by atoms with van der Waals surface area (Å²) >= 11 is 11.9. The fourth-order valence-corrected chi connectivity index (χ4v) is 1.89. The molecule has 18 heavy (non-hydrogen) atoms. The summed E-state index contributed by atoms with van der Waals surface area (Å²) in [6.45, 7) is 1.35. The van der Waals surface area contributed by atoms with Crippen LogP contribution in [0, 0.1) is 0 Å². The molecule has 0 bridgehead atoms. The van der Waals surface area contributed by atoms with E-state index in [4.69, 9.17) is 29.0 Å². The maximum atomic E-state index is 6.02. The molecule has 8 heteroatoms. The van der Waals surface area contributed by atoms with E-state index in [1.54, 1.807) is 16.9 Å². The summed E-state index contributed by atoms with van der Waals surface area (Å²) in [4.78, 5) is 4.17. The van der Waals surface area contributed by atoms with Gasteiger partial charge in [-0.1, -0.05) is 23.2 Å². The highest BCUT2D eigenvalue weighted by Gasteiger charge is 2.07. The molecule has 0 atom stereocenters. The van der Waals surface area contributed by atoms with Crippen molar-refractivity contribution in [1.82, 2.24) is 14.8 Å². The van der Waals surface area contributed by atoms with Crippen molar-refractivity contribution in [2.75, 3.05) is 17.3 Å². The maximum Gasteiger partial charge on any atom is 0.161 e. The third kappa shape index (κ3) is 3.04. The normalized spacial score (nSPS) is 10.4. The maximum absolute atomic E-state index is 6.02. The molecular formula is C10H12Cl2N6. The Morgan fingerprint density at radius 2 is 2.06 bits per heavy atom. The van der Waals surface area contributed by atoms with Crippen LogP contribution in [-0.2, 0) is 6.54 Å². The van der Waals surface area contributed by atoms with Crippen molar-refractivity contribution < 1.29 is 0 Å². The second kappa shape index (κ2) is 5.90. The number of nitrogens with zero attached hydrogens (tertiary/aromatic N) is 3. The van der Waals surface area contributed by atoms with Crippen LogP contribution in [0.25, 0.3) is 0 Å². The lowest BCUT2D eigenvalue weighted by Crippen LogP contribution is -2.14. The Bertz CT molecular complexity index is 513. The highest BCUT2D eigenvalue weighted by molar-refractivity contribution is 6.37. The Morgan fingerprint density at radius 1 is 1.28 bits per heavy atom. The highest BCUT2D eigenvalue weighted by Crippen LogP contribution is 2.28. The molecule has 0 aliphatic rings. The van der Waals surface area contributed by atoms with Crippen LogP contribution in [0.4, 0.5) is 11.6 Å². The average molecular weight is 287 g/mol. The van der Waals surface area contributed by atoms with E-state index in [1.807, 2.05) is 12.3 Å². The molecule has 0 amide bonds. The van der Waals surface area contributed by atoms with Crippen LogP contribution in [0.5, 0.6) is 0 Å². The van der Waals surface area contributed by atoms with E-state index >= 15 is 0 Å². The molecule has 4 N–H and O–H groups in total. The summed E-state index contributed by atoms with van der Waals surface area (Å²) in [6.07, 6.45) is 3.61. The molecule has 96 valence electrons. The molecule has 6 nitrogen and oxygen atoms in total. The topological polar surface area (TPSA) is 80.8 Å². The first kappa shape index (κ1) is 12.9. The number of nitrogens with two attached hydrogens (primary N) is 1. The Kier molecular flexibility index (Phi) is 4.24. The van der Waals surface area contributed by atoms with Gasteiger partial charge in [0.2, 0.25) is 0 Å². The zero-order chi connectivity index (χ0) is 13.0. The fourth-order valence-electron chi connectivity index (χ4n) is 1.41. The Morgan fingerprint density at radius 3 is 2.72 bits per heavy atom. The quantitative estimate of drug-likeness (QED) is 0.578. The molecule has 0 aliphatic heterocycles. The first-order valence-corrected chi connectivity index (χ1v) is 6.00. The van der Waals surface area contributed by atoms with Crippen molar-refractivity contribution in [2.45, 2.75) is 6.54 Å². The van der Waals surface area contributed by atoms with E-state index < -0.39 is 0 Å². The van der Waals surface area contributed by atoms with Crippen LogP contribution in [0.1, 0.15) is 0 Å². The molecule has 0 spiro atoms. The Balaban J connectivity index is 2.00. The summed E-state index contributed by atoms with van der Waals surface area (Å²) in [6, 6.07) is 3.45. The minimum atomic E-state index is 0.375. The number of hydrogen-bond acceptors (Lipinski definition) is 5. The van der Waals surface area contributed by atoms with Gasteiger partial charge in [0.15, 0.2) is 5.82 Å². The van der Waals surface area contributed by atoms with Gasteiger partial charge in [-0.2, -0.15) is 5.10 Å². The standard InChI is InChI=1S/C10H12Cl2N6/c11-7-6-8(12)10(17-13)16-9(7)14-3-5-18-4-1-2-15-18/h1-2,4,6H,3,5,13H2,(H2,14,16,17). The van der Waals surface area contributed by atoms with Gasteiger partial charge in [-0.25, -0.2) is 10.8 Å². The predicted molar refractivity (Wildman–Crippen MR) is 72.8 cm³/mol. The molecule has 0 radical (unpaired) electrons. The smallest absolute Gasteiger partial charge is 0.161 e. The summed E-state index contributed by atoms with van der Waals surface area (Å²) in [5.41, 5.74) is 2.41. The molecular weight excluding hydrogens is 275 g/mol. The molecule has 0 aromatic carbocycles. The SMILES string of the molecule is NNc1nc(NCCn2cccn2)c(Cl)cc1Cl. The van der Waals surface area contributed by atoms with Crippen molar-refractivity contribution in [2.24, 2.45) is 5.84 Å². The van der Waals surface area contributed by atoms with Gasteiger partial charge in [0.25, 0.3) is 0 Å². The van der Waals surface area contributed by atoms with Crippen molar-refractivity contribution in [3.63, 3.8) is 0 Å². The van der Waals surface area contributed by atoms with Crippen molar-refractivity contribution in [3.05, 3.63) is 34.6 Å². The first-order valence-electron chi connectivity index (χ1n) is 5.24. The number of hydrazine groups is 1. The third-order valence-corrected chi connectivity index (χ3v) is 2.83. The van der Waals surface area contributed by atoms with Gasteiger partial charge in [0.1, 0.15) is 5.82 Å². The van der Waals surface area contributed by atoms with E-state index in [1.165, 1.54) is 0 Å². The number of rotatable bonds is 5. The van der Waals surface area contributed by atoms with Gasteiger partial charge in [-0.15, -0.1) is 0 Å². The van der Waals surface area contributed by atoms with E-state index in [9.17, 15) is 0 Å². The molecule has 0 fully saturated rings. The van der Waals surface area contributed by atoms with Crippen LogP contribution in [-0.4, -0.2) is 21.3 Å². The van der Waals surface area contributed by atoms with E-state index in [-0.39, 0.29) is 0 Å². The van der Waals surface area contributed by atoms with Crippen molar-refractivity contribution in [3.8, 4) is 0 Å². The summed E-state index contributed by atoms with van der Waals surface area (Å²) in [5, 5.41) is 8.00. The monoisotopic (exact) mass is 286 g/mol. The van der Waals surface area contributed by atoms with Crippen LogP contribution >= 0.6 is 23.2 Å². The zero-order valence-corrected chi connectivity index (χ0v) is 10.9. The molecule has 2 rings (SSSR count). The lowest BCUT2D eigenvalue weighted by molar-refractivity contribution is 0.637. The van der Waals surface area contributed by atoms with Crippen LogP contribution in [0.3, 0.4) is 0 Å². The minimum Gasteiger partial charge on any atom is -0.367 e. The Hall–Kier alpha value is -1.50. The Labute approximate surface area is 114 Å². The molecule has 0 saturated carbocycles. The van der Waals surface area contributed by atoms with Gasteiger partial charge in [-0.05, 0) is 12.1 Å². The van der Waals surface area contributed by atoms with E-state index in [2.05, 4.69) is 20.8 Å². The number of anilines is 2. The number of hydrogen-bond donors (Lipinski definition) is 3. The average Bonchev–Trinajstić information content (AvgIpc) is 2.85. The second-order valence-corrected chi connectivity index (χ2v) is 4.30. The van der Waals surface area contributed by atoms with Gasteiger partial charge >= 0.3 is 0 Å². The highest BCUT2D eigenvalue weighted by atomic mass is 35.5. The second-order valence-electron chi connectivity index (χ2n) is 3.49. The molecule has 2 aromatic rings.